The second kappa shape index (κ2) is 4.90. The highest BCUT2D eigenvalue weighted by Gasteiger charge is 2.15. The Labute approximate surface area is 101 Å². The van der Waals surface area contributed by atoms with Gasteiger partial charge < -0.3 is 9.84 Å². The average Bonchev–Trinajstić information content (AvgIpc) is 2.12. The number of carbonyl (C=O) groups is 1. The fourth-order valence-corrected chi connectivity index (χ4v) is 2.43. The number of aliphatic carboxylic acids is 1. The van der Waals surface area contributed by atoms with Gasteiger partial charge in [-0.3, -0.25) is 0 Å². The topological polar surface area (TPSA) is 80.7 Å². The summed E-state index contributed by atoms with van der Waals surface area (Å²) in [6, 6.07) is 3.59. The van der Waals surface area contributed by atoms with E-state index in [1.165, 1.54) is 12.1 Å². The Hall–Kier alpha value is -0.980. The zero-order chi connectivity index (χ0) is 12.3. The summed E-state index contributed by atoms with van der Waals surface area (Å²) in [6.07, 6.45) is 0. The molecule has 0 atom stereocenters. The van der Waals surface area contributed by atoms with Crippen molar-refractivity contribution in [2.75, 3.05) is 6.61 Å². The first-order chi connectivity index (χ1) is 7.30. The molecule has 5 nitrogen and oxygen atoms in total. The van der Waals surface area contributed by atoms with Crippen molar-refractivity contribution in [1.82, 2.24) is 0 Å². The van der Waals surface area contributed by atoms with Gasteiger partial charge in [0.1, 0.15) is 10.6 Å². The third-order valence-electron chi connectivity index (χ3n) is 1.53. The van der Waals surface area contributed by atoms with Crippen LogP contribution in [0.3, 0.4) is 0 Å². The standard InChI is InChI=1S/C8H6Cl2O5S/c9-6-3-5(15-4-8(11)12)1-2-7(6)16(10,13)14/h1-3H,4H2,(H,11,12). The van der Waals surface area contributed by atoms with Crippen molar-refractivity contribution in [2.45, 2.75) is 4.90 Å². The molecule has 1 aromatic rings. The van der Waals surface area contributed by atoms with Gasteiger partial charge in [-0.05, 0) is 12.1 Å². The number of benzene rings is 1. The lowest BCUT2D eigenvalue weighted by molar-refractivity contribution is -0.139. The van der Waals surface area contributed by atoms with E-state index in [1.807, 2.05) is 0 Å². The molecule has 0 amide bonds. The van der Waals surface area contributed by atoms with Gasteiger partial charge in [0.05, 0.1) is 5.02 Å². The summed E-state index contributed by atoms with van der Waals surface area (Å²) in [4.78, 5) is 9.96. The van der Waals surface area contributed by atoms with E-state index in [0.717, 1.165) is 6.07 Å². The van der Waals surface area contributed by atoms with Crippen LogP contribution in [0, 0.1) is 0 Å². The minimum atomic E-state index is -3.91. The summed E-state index contributed by atoms with van der Waals surface area (Å²) < 4.78 is 26.7. The zero-order valence-electron chi connectivity index (χ0n) is 7.68. The largest absolute Gasteiger partial charge is 0.482 e. The maximum Gasteiger partial charge on any atom is 0.341 e. The van der Waals surface area contributed by atoms with Crippen molar-refractivity contribution >= 4 is 37.3 Å². The highest BCUT2D eigenvalue weighted by Crippen LogP contribution is 2.28. The van der Waals surface area contributed by atoms with Crippen molar-refractivity contribution in [2.24, 2.45) is 0 Å². The third-order valence-corrected chi connectivity index (χ3v) is 3.33. The second-order valence-electron chi connectivity index (χ2n) is 2.71. The van der Waals surface area contributed by atoms with Crippen LogP contribution in [0.1, 0.15) is 0 Å². The Morgan fingerprint density at radius 1 is 1.44 bits per heavy atom. The molecule has 0 radical (unpaired) electrons. The van der Waals surface area contributed by atoms with Crippen LogP contribution in [0.2, 0.25) is 5.02 Å². The molecule has 88 valence electrons. The van der Waals surface area contributed by atoms with E-state index in [0.29, 0.717) is 0 Å². The van der Waals surface area contributed by atoms with Gasteiger partial charge in [-0.1, -0.05) is 11.6 Å². The predicted molar refractivity (Wildman–Crippen MR) is 57.6 cm³/mol. The summed E-state index contributed by atoms with van der Waals surface area (Å²) in [6.45, 7) is -0.538. The van der Waals surface area contributed by atoms with Gasteiger partial charge in [-0.15, -0.1) is 0 Å². The van der Waals surface area contributed by atoms with Gasteiger partial charge in [0, 0.05) is 16.7 Å². The molecule has 0 saturated carbocycles. The summed E-state index contributed by atoms with van der Waals surface area (Å²) in [7, 11) is 1.18. The van der Waals surface area contributed by atoms with Crippen LogP contribution >= 0.6 is 22.3 Å². The highest BCUT2D eigenvalue weighted by molar-refractivity contribution is 8.13. The maximum absolute atomic E-state index is 11.0. The Bertz CT molecular complexity index is 511. The van der Waals surface area contributed by atoms with E-state index < -0.39 is 21.6 Å². The van der Waals surface area contributed by atoms with Crippen LogP contribution in [0.25, 0.3) is 0 Å². The van der Waals surface area contributed by atoms with E-state index in [-0.39, 0.29) is 15.7 Å². The summed E-state index contributed by atoms with van der Waals surface area (Å²) in [5, 5.41) is 8.23. The third kappa shape index (κ3) is 3.55. The normalized spacial score (nSPS) is 11.1. The molecule has 0 unspecified atom stereocenters. The van der Waals surface area contributed by atoms with Gasteiger partial charge in [0.2, 0.25) is 0 Å². The van der Waals surface area contributed by atoms with Crippen LogP contribution in [-0.2, 0) is 13.8 Å². The molecule has 0 aliphatic heterocycles. The smallest absolute Gasteiger partial charge is 0.341 e. The van der Waals surface area contributed by atoms with Crippen molar-refractivity contribution in [3.05, 3.63) is 23.2 Å². The molecule has 1 aromatic carbocycles. The Kier molecular flexibility index (Phi) is 4.01. The number of hydrogen-bond acceptors (Lipinski definition) is 4. The molecule has 0 aliphatic rings. The van der Waals surface area contributed by atoms with Crippen LogP contribution in [-0.4, -0.2) is 26.1 Å². The monoisotopic (exact) mass is 284 g/mol. The van der Waals surface area contributed by atoms with Crippen molar-refractivity contribution < 1.29 is 23.1 Å². The SMILES string of the molecule is O=C(O)COc1ccc(S(=O)(=O)Cl)c(Cl)c1. The lowest BCUT2D eigenvalue weighted by Crippen LogP contribution is -2.09. The molecule has 0 aromatic heterocycles. The number of halogens is 2. The molecule has 1 rings (SSSR count). The Morgan fingerprint density at radius 2 is 2.06 bits per heavy atom. The Morgan fingerprint density at radius 3 is 2.50 bits per heavy atom. The molecule has 0 aliphatic carbocycles. The average molecular weight is 285 g/mol. The number of carboxylic acid groups (broad SMARTS) is 1. The van der Waals surface area contributed by atoms with Crippen LogP contribution in [0.15, 0.2) is 23.1 Å². The quantitative estimate of drug-likeness (QED) is 0.852. The molecule has 0 bridgehead atoms. The van der Waals surface area contributed by atoms with Gasteiger partial charge >= 0.3 is 5.97 Å². The molecule has 0 saturated heterocycles. The van der Waals surface area contributed by atoms with Gasteiger partial charge in [0.25, 0.3) is 9.05 Å². The fourth-order valence-electron chi connectivity index (χ4n) is 0.914. The fraction of sp³-hybridized carbons (Fsp3) is 0.125. The van der Waals surface area contributed by atoms with Gasteiger partial charge in [0.15, 0.2) is 6.61 Å². The first-order valence-electron chi connectivity index (χ1n) is 3.89. The highest BCUT2D eigenvalue weighted by atomic mass is 35.7. The molecule has 0 heterocycles. The van der Waals surface area contributed by atoms with Crippen molar-refractivity contribution in [1.29, 1.82) is 0 Å². The first-order valence-corrected chi connectivity index (χ1v) is 6.58. The number of hydrogen-bond donors (Lipinski definition) is 1. The lowest BCUT2D eigenvalue weighted by Gasteiger charge is -2.05. The summed E-state index contributed by atoms with van der Waals surface area (Å²) in [5.41, 5.74) is 0. The second-order valence-corrected chi connectivity index (χ2v) is 5.65. The van der Waals surface area contributed by atoms with E-state index >= 15 is 0 Å². The maximum atomic E-state index is 11.0. The molecule has 1 N–H and O–H groups in total. The van der Waals surface area contributed by atoms with E-state index in [2.05, 4.69) is 0 Å². The van der Waals surface area contributed by atoms with Crippen LogP contribution in [0.4, 0.5) is 0 Å². The first kappa shape index (κ1) is 13.1. The minimum absolute atomic E-state index is 0.127. The van der Waals surface area contributed by atoms with E-state index in [1.54, 1.807) is 0 Å². The molecule has 0 fully saturated rings. The molecular weight excluding hydrogens is 279 g/mol. The number of carboxylic acids is 1. The summed E-state index contributed by atoms with van der Waals surface area (Å²) in [5.74, 6) is -0.998. The number of ether oxygens (including phenoxy) is 1. The predicted octanol–water partition coefficient (Wildman–Crippen LogP) is 1.73. The van der Waals surface area contributed by atoms with Crippen LogP contribution < -0.4 is 4.74 Å². The zero-order valence-corrected chi connectivity index (χ0v) is 10.0. The lowest BCUT2D eigenvalue weighted by atomic mass is 10.3. The number of rotatable bonds is 4. The summed E-state index contributed by atoms with van der Waals surface area (Å²) >= 11 is 5.64. The van der Waals surface area contributed by atoms with Crippen LogP contribution in [0.5, 0.6) is 5.75 Å². The van der Waals surface area contributed by atoms with Gasteiger partial charge in [-0.25, -0.2) is 13.2 Å². The van der Waals surface area contributed by atoms with Crippen molar-refractivity contribution in [3.63, 3.8) is 0 Å². The van der Waals surface area contributed by atoms with Crippen molar-refractivity contribution in [3.8, 4) is 5.75 Å². The molecule has 0 spiro atoms. The van der Waals surface area contributed by atoms with E-state index in [4.69, 9.17) is 32.1 Å². The minimum Gasteiger partial charge on any atom is -0.482 e. The molecular formula is C8H6Cl2O5S. The molecule has 16 heavy (non-hydrogen) atoms. The van der Waals surface area contributed by atoms with Gasteiger partial charge in [-0.2, -0.15) is 0 Å². The Balaban J connectivity index is 2.96. The van der Waals surface area contributed by atoms with E-state index in [9.17, 15) is 13.2 Å². The molecule has 8 heteroatoms.